The first-order valence-corrected chi connectivity index (χ1v) is 8.27. The number of amides is 1. The van der Waals surface area contributed by atoms with Gasteiger partial charge in [0.05, 0.1) is 12.6 Å². The van der Waals surface area contributed by atoms with Crippen molar-refractivity contribution in [2.45, 2.75) is 13.0 Å². The van der Waals surface area contributed by atoms with Crippen LogP contribution in [0.3, 0.4) is 0 Å². The molecule has 0 aromatic heterocycles. The van der Waals surface area contributed by atoms with Gasteiger partial charge in [-0.3, -0.25) is 19.3 Å². The minimum absolute atomic E-state index is 0.138. The van der Waals surface area contributed by atoms with E-state index in [9.17, 15) is 14.4 Å². The summed E-state index contributed by atoms with van der Waals surface area (Å²) in [5.74, 6) is -3.37. The average molecular weight is 358 g/mol. The first-order valence-electron chi connectivity index (χ1n) is 7.89. The molecule has 1 amide bonds. The summed E-state index contributed by atoms with van der Waals surface area (Å²) in [5.41, 5.74) is 1.19. The summed E-state index contributed by atoms with van der Waals surface area (Å²) in [6.07, 6.45) is 0. The lowest BCUT2D eigenvalue weighted by Crippen LogP contribution is -2.31. The number of carbonyl (C=O) groups is 3. The molecule has 2 atom stereocenters. The zero-order valence-corrected chi connectivity index (χ0v) is 14.3. The van der Waals surface area contributed by atoms with E-state index in [1.807, 2.05) is 6.07 Å². The second-order valence-electron chi connectivity index (χ2n) is 5.60. The van der Waals surface area contributed by atoms with E-state index < -0.39 is 29.6 Å². The molecule has 3 rings (SSSR count). The first-order chi connectivity index (χ1) is 12.0. The van der Waals surface area contributed by atoms with E-state index >= 15 is 0 Å². The highest BCUT2D eigenvalue weighted by atomic mass is 35.5. The molecule has 0 bridgehead atoms. The second-order valence-corrected chi connectivity index (χ2v) is 6.04. The number of carbonyl (C=O) groups excluding carboxylic acids is 3. The number of anilines is 1. The first kappa shape index (κ1) is 17.2. The van der Waals surface area contributed by atoms with E-state index in [0.717, 1.165) is 0 Å². The molecule has 0 saturated carbocycles. The Bertz CT molecular complexity index is 804. The quantitative estimate of drug-likeness (QED) is 0.479. The Hall–Kier alpha value is -2.66. The van der Waals surface area contributed by atoms with Crippen LogP contribution in [-0.2, 0) is 19.1 Å². The van der Waals surface area contributed by atoms with Crippen LogP contribution in [0, 0.1) is 5.92 Å². The minimum atomic E-state index is -1.19. The molecule has 0 radical (unpaired) electrons. The lowest BCUT2D eigenvalue weighted by Gasteiger charge is -2.27. The molecule has 2 unspecified atom stereocenters. The van der Waals surface area contributed by atoms with Gasteiger partial charge in [0.1, 0.15) is 5.92 Å². The molecular formula is C19H16ClNO4. The normalized spacial score (nSPS) is 20.0. The van der Waals surface area contributed by atoms with E-state index in [2.05, 4.69) is 0 Å². The third-order valence-corrected chi connectivity index (χ3v) is 4.34. The highest BCUT2D eigenvalue weighted by molar-refractivity contribution is 6.47. The summed E-state index contributed by atoms with van der Waals surface area (Å²) in [6.45, 7) is 1.80. The topological polar surface area (TPSA) is 63.7 Å². The van der Waals surface area contributed by atoms with Crippen molar-refractivity contribution in [2.75, 3.05) is 11.5 Å². The molecule has 1 heterocycles. The fraction of sp³-hybridized carbons (Fsp3) is 0.211. The van der Waals surface area contributed by atoms with Crippen LogP contribution < -0.4 is 4.90 Å². The van der Waals surface area contributed by atoms with Crippen LogP contribution in [0.4, 0.5) is 5.69 Å². The number of ketones is 1. The van der Waals surface area contributed by atoms with Crippen LogP contribution in [-0.4, -0.2) is 24.3 Å². The zero-order chi connectivity index (χ0) is 18.0. The molecule has 2 aromatic carbocycles. The number of ether oxygens (including phenoxy) is 1. The van der Waals surface area contributed by atoms with Gasteiger partial charge in [0.25, 0.3) is 5.91 Å². The Kier molecular flexibility index (Phi) is 4.86. The summed E-state index contributed by atoms with van der Waals surface area (Å²) < 4.78 is 5.04. The maximum absolute atomic E-state index is 12.6. The van der Waals surface area contributed by atoms with Crippen molar-refractivity contribution in [3.8, 4) is 0 Å². The van der Waals surface area contributed by atoms with Gasteiger partial charge in [-0.15, -0.1) is 0 Å². The van der Waals surface area contributed by atoms with Crippen molar-refractivity contribution in [3.63, 3.8) is 0 Å². The average Bonchev–Trinajstić information content (AvgIpc) is 2.88. The van der Waals surface area contributed by atoms with Gasteiger partial charge in [0, 0.05) is 10.7 Å². The predicted octanol–water partition coefficient (Wildman–Crippen LogP) is 3.18. The molecule has 0 spiro atoms. The molecule has 2 aromatic rings. The number of esters is 1. The number of halogens is 1. The molecule has 1 fully saturated rings. The van der Waals surface area contributed by atoms with Crippen LogP contribution >= 0.6 is 11.6 Å². The maximum atomic E-state index is 12.6. The molecule has 5 nitrogen and oxygen atoms in total. The van der Waals surface area contributed by atoms with E-state index in [1.165, 1.54) is 4.90 Å². The van der Waals surface area contributed by atoms with Crippen molar-refractivity contribution >= 4 is 34.9 Å². The second kappa shape index (κ2) is 7.07. The van der Waals surface area contributed by atoms with Crippen molar-refractivity contribution < 1.29 is 19.1 Å². The molecule has 25 heavy (non-hydrogen) atoms. The van der Waals surface area contributed by atoms with Gasteiger partial charge in [-0.25, -0.2) is 0 Å². The fourth-order valence-corrected chi connectivity index (χ4v) is 3.14. The molecule has 0 N–H and O–H groups in total. The van der Waals surface area contributed by atoms with E-state index in [4.69, 9.17) is 16.3 Å². The number of hydrogen-bond donors (Lipinski definition) is 0. The third kappa shape index (κ3) is 3.15. The molecule has 128 valence electrons. The van der Waals surface area contributed by atoms with Crippen LogP contribution in [0.5, 0.6) is 0 Å². The van der Waals surface area contributed by atoms with E-state index in [0.29, 0.717) is 16.3 Å². The lowest BCUT2D eigenvalue weighted by molar-refractivity contribution is -0.152. The summed E-state index contributed by atoms with van der Waals surface area (Å²) in [7, 11) is 0. The standard InChI is InChI=1S/C19H16ClNO4/c1-2-25-19(24)15-16(12-6-4-3-5-7-12)21(18(23)17(15)22)14-10-8-13(20)9-11-14/h3-11,15-16H,2H2,1H3. The van der Waals surface area contributed by atoms with Crippen molar-refractivity contribution in [1.82, 2.24) is 0 Å². The number of Topliss-reactive ketones (excluding diaryl/α,β-unsaturated/α-hetero) is 1. The molecule has 1 aliphatic heterocycles. The lowest BCUT2D eigenvalue weighted by atomic mass is 9.93. The molecule has 6 heteroatoms. The number of rotatable bonds is 4. The summed E-state index contributed by atoms with van der Waals surface area (Å²) in [6, 6.07) is 14.8. The molecule has 0 aliphatic carbocycles. The van der Waals surface area contributed by atoms with Gasteiger partial charge in [0.2, 0.25) is 5.78 Å². The number of hydrogen-bond acceptors (Lipinski definition) is 4. The highest BCUT2D eigenvalue weighted by Crippen LogP contribution is 2.40. The Morgan fingerprint density at radius 3 is 2.32 bits per heavy atom. The Morgan fingerprint density at radius 1 is 1.08 bits per heavy atom. The maximum Gasteiger partial charge on any atom is 0.319 e. The minimum Gasteiger partial charge on any atom is -0.465 e. The van der Waals surface area contributed by atoms with Crippen LogP contribution in [0.15, 0.2) is 54.6 Å². The third-order valence-electron chi connectivity index (χ3n) is 4.09. The van der Waals surface area contributed by atoms with Gasteiger partial charge in [-0.1, -0.05) is 41.9 Å². The largest absolute Gasteiger partial charge is 0.465 e. The van der Waals surface area contributed by atoms with Crippen molar-refractivity contribution in [3.05, 3.63) is 65.2 Å². The fourth-order valence-electron chi connectivity index (χ4n) is 3.01. The Morgan fingerprint density at radius 2 is 1.72 bits per heavy atom. The molecular weight excluding hydrogens is 342 g/mol. The Labute approximate surface area is 150 Å². The molecule has 1 saturated heterocycles. The van der Waals surface area contributed by atoms with Crippen molar-refractivity contribution in [1.29, 1.82) is 0 Å². The van der Waals surface area contributed by atoms with Gasteiger partial charge >= 0.3 is 5.97 Å². The zero-order valence-electron chi connectivity index (χ0n) is 13.5. The predicted molar refractivity (Wildman–Crippen MR) is 93.3 cm³/mol. The SMILES string of the molecule is CCOC(=O)C1C(=O)C(=O)N(c2ccc(Cl)cc2)C1c1ccccc1. The van der Waals surface area contributed by atoms with Crippen LogP contribution in [0.2, 0.25) is 5.02 Å². The molecule has 1 aliphatic rings. The van der Waals surface area contributed by atoms with Gasteiger partial charge in [-0.2, -0.15) is 0 Å². The smallest absolute Gasteiger partial charge is 0.319 e. The monoisotopic (exact) mass is 357 g/mol. The highest BCUT2D eigenvalue weighted by Gasteiger charge is 2.53. The van der Waals surface area contributed by atoms with Gasteiger partial charge in [0.15, 0.2) is 0 Å². The van der Waals surface area contributed by atoms with Crippen LogP contribution in [0.1, 0.15) is 18.5 Å². The Balaban J connectivity index is 2.11. The summed E-state index contributed by atoms with van der Waals surface area (Å²) in [5, 5.41) is 0.514. The van der Waals surface area contributed by atoms with Crippen LogP contribution in [0.25, 0.3) is 0 Å². The summed E-state index contributed by atoms with van der Waals surface area (Å²) in [4.78, 5) is 38.9. The van der Waals surface area contributed by atoms with Gasteiger partial charge < -0.3 is 4.74 Å². The number of benzene rings is 2. The number of nitrogens with zero attached hydrogens (tertiary/aromatic N) is 1. The van der Waals surface area contributed by atoms with Gasteiger partial charge in [-0.05, 0) is 36.8 Å². The van der Waals surface area contributed by atoms with E-state index in [-0.39, 0.29) is 6.61 Å². The summed E-state index contributed by atoms with van der Waals surface area (Å²) >= 11 is 5.91. The van der Waals surface area contributed by atoms with E-state index in [1.54, 1.807) is 55.5 Å². The van der Waals surface area contributed by atoms with Crippen molar-refractivity contribution in [2.24, 2.45) is 5.92 Å².